The lowest BCUT2D eigenvalue weighted by Crippen LogP contribution is -1.86. The van der Waals surface area contributed by atoms with Crippen molar-refractivity contribution >= 4 is 16.5 Å². The second-order valence-electron chi connectivity index (χ2n) is 2.74. The summed E-state index contributed by atoms with van der Waals surface area (Å²) in [5, 5.41) is 5.59. The Morgan fingerprint density at radius 2 is 2.08 bits per heavy atom. The second kappa shape index (κ2) is 2.86. The highest BCUT2D eigenvalue weighted by molar-refractivity contribution is 5.85. The maximum atomic E-state index is 3.11. The van der Waals surface area contributed by atoms with Crippen LogP contribution in [0.25, 0.3) is 10.8 Å². The molecule has 0 fully saturated rings. The van der Waals surface area contributed by atoms with E-state index in [1.807, 2.05) is 19.2 Å². The van der Waals surface area contributed by atoms with E-state index in [1.165, 1.54) is 10.8 Å². The molecule has 0 heterocycles. The van der Waals surface area contributed by atoms with Crippen LogP contribution in [0.5, 0.6) is 0 Å². The summed E-state index contributed by atoms with van der Waals surface area (Å²) >= 11 is 0. The van der Waals surface area contributed by atoms with E-state index in [-0.39, 0.29) is 0 Å². The molecule has 1 N–H and O–H groups in total. The Hall–Kier alpha value is -1.50. The monoisotopic (exact) mass is 156 g/mol. The van der Waals surface area contributed by atoms with Gasteiger partial charge in [-0.15, -0.1) is 0 Å². The minimum atomic E-state index is 1.14. The van der Waals surface area contributed by atoms with E-state index < -0.39 is 0 Å². The molecule has 2 rings (SSSR count). The summed E-state index contributed by atoms with van der Waals surface area (Å²) < 4.78 is 0. The van der Waals surface area contributed by atoms with Crippen molar-refractivity contribution in [2.45, 2.75) is 0 Å². The normalized spacial score (nSPS) is 10.1. The third kappa shape index (κ3) is 1.14. The topological polar surface area (TPSA) is 12.0 Å². The molecular formula is C11H10N. The molecule has 0 aliphatic heterocycles. The summed E-state index contributed by atoms with van der Waals surface area (Å²) in [5.74, 6) is 0. The summed E-state index contributed by atoms with van der Waals surface area (Å²) in [5.41, 5.74) is 1.14. The summed E-state index contributed by atoms with van der Waals surface area (Å²) in [6, 6.07) is 15.3. The summed E-state index contributed by atoms with van der Waals surface area (Å²) in [6.45, 7) is 0. The molecule has 1 nitrogen and oxygen atoms in total. The molecule has 0 saturated heterocycles. The fraction of sp³-hybridized carbons (Fsp3) is 0.0909. The van der Waals surface area contributed by atoms with Crippen LogP contribution in [0.1, 0.15) is 0 Å². The zero-order chi connectivity index (χ0) is 8.39. The fourth-order valence-electron chi connectivity index (χ4n) is 1.28. The first-order valence-electron chi connectivity index (χ1n) is 3.98. The van der Waals surface area contributed by atoms with Crippen LogP contribution in [0.15, 0.2) is 36.4 Å². The van der Waals surface area contributed by atoms with Crippen LogP contribution >= 0.6 is 0 Å². The molecule has 59 valence electrons. The maximum Gasteiger partial charge on any atom is 0.0343 e. The number of rotatable bonds is 1. The number of nitrogens with one attached hydrogen (secondary N) is 1. The second-order valence-corrected chi connectivity index (χ2v) is 2.74. The molecule has 1 radical (unpaired) electrons. The van der Waals surface area contributed by atoms with Gasteiger partial charge in [-0.3, -0.25) is 0 Å². The number of fused-ring (bicyclic) bond motifs is 1. The van der Waals surface area contributed by atoms with Gasteiger partial charge in [-0.2, -0.15) is 0 Å². The quantitative estimate of drug-likeness (QED) is 0.669. The molecule has 0 aromatic heterocycles. The number of hydrogen-bond donors (Lipinski definition) is 1. The maximum absolute atomic E-state index is 3.11. The van der Waals surface area contributed by atoms with E-state index >= 15 is 0 Å². The van der Waals surface area contributed by atoms with Crippen LogP contribution < -0.4 is 5.32 Å². The zero-order valence-corrected chi connectivity index (χ0v) is 6.96. The van der Waals surface area contributed by atoms with Gasteiger partial charge in [0.05, 0.1) is 0 Å². The van der Waals surface area contributed by atoms with Crippen molar-refractivity contribution in [2.75, 3.05) is 12.4 Å². The van der Waals surface area contributed by atoms with Crippen LogP contribution in [0.2, 0.25) is 0 Å². The van der Waals surface area contributed by atoms with Crippen LogP contribution in [-0.4, -0.2) is 7.05 Å². The molecule has 0 aliphatic carbocycles. The Balaban J connectivity index is 2.67. The first-order valence-corrected chi connectivity index (χ1v) is 3.98. The molecule has 2 aromatic carbocycles. The molecule has 0 atom stereocenters. The fourth-order valence-corrected chi connectivity index (χ4v) is 1.28. The molecule has 0 saturated carbocycles. The molecular weight excluding hydrogens is 146 g/mol. The Kier molecular flexibility index (Phi) is 1.71. The van der Waals surface area contributed by atoms with Crippen molar-refractivity contribution in [1.82, 2.24) is 0 Å². The van der Waals surface area contributed by atoms with Gasteiger partial charge < -0.3 is 5.32 Å². The Labute approximate surface area is 72.0 Å². The van der Waals surface area contributed by atoms with Crippen LogP contribution in [-0.2, 0) is 0 Å². The van der Waals surface area contributed by atoms with E-state index in [4.69, 9.17) is 0 Å². The van der Waals surface area contributed by atoms with Crippen molar-refractivity contribution in [3.63, 3.8) is 0 Å². The van der Waals surface area contributed by atoms with Gasteiger partial charge in [-0.1, -0.05) is 18.2 Å². The van der Waals surface area contributed by atoms with E-state index in [1.54, 1.807) is 0 Å². The summed E-state index contributed by atoms with van der Waals surface area (Å²) in [7, 11) is 1.92. The van der Waals surface area contributed by atoms with E-state index in [2.05, 4.69) is 35.6 Å². The summed E-state index contributed by atoms with van der Waals surface area (Å²) in [4.78, 5) is 0. The highest BCUT2D eigenvalue weighted by atomic mass is 14.8. The molecule has 2 aromatic rings. The average molecular weight is 156 g/mol. The minimum absolute atomic E-state index is 1.14. The largest absolute Gasteiger partial charge is 0.388 e. The molecule has 0 spiro atoms. The van der Waals surface area contributed by atoms with Crippen molar-refractivity contribution in [1.29, 1.82) is 0 Å². The van der Waals surface area contributed by atoms with Crippen LogP contribution in [0, 0.1) is 6.07 Å². The first-order chi connectivity index (χ1) is 5.90. The van der Waals surface area contributed by atoms with E-state index in [0.29, 0.717) is 0 Å². The predicted octanol–water partition coefficient (Wildman–Crippen LogP) is 2.68. The first kappa shape index (κ1) is 7.17. The van der Waals surface area contributed by atoms with E-state index in [0.717, 1.165) is 5.69 Å². The zero-order valence-electron chi connectivity index (χ0n) is 6.96. The molecule has 12 heavy (non-hydrogen) atoms. The van der Waals surface area contributed by atoms with Gasteiger partial charge >= 0.3 is 0 Å². The predicted molar refractivity (Wildman–Crippen MR) is 52.3 cm³/mol. The molecule has 0 bridgehead atoms. The van der Waals surface area contributed by atoms with Crippen molar-refractivity contribution in [3.8, 4) is 0 Å². The van der Waals surface area contributed by atoms with Gasteiger partial charge in [0, 0.05) is 12.7 Å². The number of anilines is 1. The van der Waals surface area contributed by atoms with Crippen molar-refractivity contribution in [2.24, 2.45) is 0 Å². The van der Waals surface area contributed by atoms with Crippen molar-refractivity contribution < 1.29 is 0 Å². The highest BCUT2D eigenvalue weighted by Crippen LogP contribution is 2.17. The van der Waals surface area contributed by atoms with Crippen LogP contribution in [0.3, 0.4) is 0 Å². The van der Waals surface area contributed by atoms with Gasteiger partial charge in [0.25, 0.3) is 0 Å². The smallest absolute Gasteiger partial charge is 0.0343 e. The van der Waals surface area contributed by atoms with Gasteiger partial charge in [-0.05, 0) is 35.0 Å². The van der Waals surface area contributed by atoms with Gasteiger partial charge in [0.2, 0.25) is 0 Å². The SMILES string of the molecule is CNc1ccc2cc[c]cc2c1. The highest BCUT2D eigenvalue weighted by Gasteiger charge is 1.92. The van der Waals surface area contributed by atoms with Gasteiger partial charge in [0.1, 0.15) is 0 Å². The third-order valence-corrected chi connectivity index (χ3v) is 1.97. The minimum Gasteiger partial charge on any atom is -0.388 e. The molecule has 0 aliphatic rings. The Morgan fingerprint density at radius 3 is 2.92 bits per heavy atom. The standard InChI is InChI=1S/C11H10N/c1-12-11-7-6-9-4-2-3-5-10(9)8-11/h2,4-8,12H,1H3. The van der Waals surface area contributed by atoms with Crippen molar-refractivity contribution in [3.05, 3.63) is 42.5 Å². The third-order valence-electron chi connectivity index (χ3n) is 1.97. The van der Waals surface area contributed by atoms with E-state index in [9.17, 15) is 0 Å². The lowest BCUT2D eigenvalue weighted by molar-refractivity contribution is 1.53. The van der Waals surface area contributed by atoms with Crippen LogP contribution in [0.4, 0.5) is 5.69 Å². The Bertz CT molecular complexity index is 393. The molecule has 1 heteroatoms. The average Bonchev–Trinajstić information content (AvgIpc) is 2.17. The lowest BCUT2D eigenvalue weighted by atomic mass is 10.1. The molecule has 0 unspecified atom stereocenters. The lowest BCUT2D eigenvalue weighted by Gasteiger charge is -2.01. The molecule has 0 amide bonds. The number of hydrogen-bond acceptors (Lipinski definition) is 1. The van der Waals surface area contributed by atoms with Gasteiger partial charge in [-0.25, -0.2) is 0 Å². The summed E-state index contributed by atoms with van der Waals surface area (Å²) in [6.07, 6.45) is 0. The van der Waals surface area contributed by atoms with Gasteiger partial charge in [0.15, 0.2) is 0 Å². The number of benzene rings is 2. The Morgan fingerprint density at radius 1 is 1.17 bits per heavy atom.